The van der Waals surface area contributed by atoms with E-state index in [-0.39, 0.29) is 22.5 Å². The van der Waals surface area contributed by atoms with Crippen LogP contribution in [0.3, 0.4) is 0 Å². The third-order valence-electron chi connectivity index (χ3n) is 3.50. The molecule has 19 heavy (non-hydrogen) atoms. The van der Waals surface area contributed by atoms with Gasteiger partial charge in [-0.2, -0.15) is 0 Å². The molecule has 1 amide bonds. The highest BCUT2D eigenvalue weighted by Gasteiger charge is 2.31. The molecule has 4 heteroatoms. The number of Topliss-reactive ketones (excluding diaryl/α,β-unsaturated/α-hetero) is 1. The van der Waals surface area contributed by atoms with Gasteiger partial charge in [0.2, 0.25) is 5.91 Å². The van der Waals surface area contributed by atoms with Crippen molar-refractivity contribution < 1.29 is 9.59 Å². The van der Waals surface area contributed by atoms with Crippen molar-refractivity contribution in [3.05, 3.63) is 0 Å². The van der Waals surface area contributed by atoms with Crippen LogP contribution in [0.5, 0.6) is 0 Å². The Morgan fingerprint density at radius 3 is 1.68 bits per heavy atom. The number of carbonyl (C=O) groups excluding carboxylic acids is 2. The molecule has 1 aliphatic rings. The van der Waals surface area contributed by atoms with Crippen molar-refractivity contribution in [2.24, 2.45) is 10.8 Å². The molecule has 0 aromatic heterocycles. The summed E-state index contributed by atoms with van der Waals surface area (Å²) < 4.78 is 0. The second kappa shape index (κ2) is 5.61. The lowest BCUT2D eigenvalue weighted by Crippen LogP contribution is -2.53. The van der Waals surface area contributed by atoms with E-state index in [1.807, 2.05) is 46.4 Å². The van der Waals surface area contributed by atoms with Crippen LogP contribution in [0.2, 0.25) is 0 Å². The number of hydrogen-bond donors (Lipinski definition) is 0. The molecule has 0 aromatic carbocycles. The van der Waals surface area contributed by atoms with Gasteiger partial charge in [0, 0.05) is 37.0 Å². The van der Waals surface area contributed by atoms with Crippen molar-refractivity contribution in [3.8, 4) is 0 Å². The van der Waals surface area contributed by atoms with Crippen LogP contribution in [0.1, 0.15) is 41.5 Å². The second-order valence-electron chi connectivity index (χ2n) is 7.49. The lowest BCUT2D eigenvalue weighted by molar-refractivity contribution is -0.141. The first kappa shape index (κ1) is 16.2. The summed E-state index contributed by atoms with van der Waals surface area (Å²) in [7, 11) is 0. The second-order valence-corrected chi connectivity index (χ2v) is 7.49. The largest absolute Gasteiger partial charge is 0.340 e. The van der Waals surface area contributed by atoms with Crippen molar-refractivity contribution in [3.63, 3.8) is 0 Å². The lowest BCUT2D eigenvalue weighted by Gasteiger charge is -2.38. The summed E-state index contributed by atoms with van der Waals surface area (Å²) in [6.07, 6.45) is 0. The summed E-state index contributed by atoms with van der Waals surface area (Å²) >= 11 is 0. The molecule has 1 fully saturated rings. The van der Waals surface area contributed by atoms with E-state index in [1.165, 1.54) is 0 Å². The fourth-order valence-corrected chi connectivity index (χ4v) is 2.02. The minimum atomic E-state index is -0.316. The lowest BCUT2D eigenvalue weighted by atomic mass is 9.90. The predicted octanol–water partition coefficient (Wildman–Crippen LogP) is 1.79. The maximum absolute atomic E-state index is 12.1. The van der Waals surface area contributed by atoms with Crippen LogP contribution in [0.15, 0.2) is 0 Å². The molecule has 0 aromatic rings. The smallest absolute Gasteiger partial charge is 0.228 e. The summed E-state index contributed by atoms with van der Waals surface area (Å²) in [5, 5.41) is 0. The summed E-state index contributed by atoms with van der Waals surface area (Å²) in [6.45, 7) is 15.3. The molecule has 4 nitrogen and oxygen atoms in total. The number of ketones is 1. The van der Waals surface area contributed by atoms with Gasteiger partial charge < -0.3 is 4.90 Å². The Hall–Kier alpha value is -0.900. The van der Waals surface area contributed by atoms with Crippen LogP contribution < -0.4 is 0 Å². The van der Waals surface area contributed by atoms with E-state index in [9.17, 15) is 9.59 Å². The molecule has 1 saturated heterocycles. The highest BCUT2D eigenvalue weighted by molar-refractivity contribution is 5.85. The Morgan fingerprint density at radius 2 is 1.32 bits per heavy atom. The highest BCUT2D eigenvalue weighted by atomic mass is 16.2. The van der Waals surface area contributed by atoms with E-state index in [2.05, 4.69) is 4.90 Å². The maximum atomic E-state index is 12.1. The van der Waals surface area contributed by atoms with Crippen LogP contribution in [-0.4, -0.2) is 54.2 Å². The van der Waals surface area contributed by atoms with Gasteiger partial charge in [-0.25, -0.2) is 0 Å². The molecule has 0 radical (unpaired) electrons. The normalized spacial score (nSPS) is 18.5. The molecule has 0 saturated carbocycles. The van der Waals surface area contributed by atoms with Crippen LogP contribution in [0.25, 0.3) is 0 Å². The van der Waals surface area contributed by atoms with Crippen molar-refractivity contribution >= 4 is 11.7 Å². The van der Waals surface area contributed by atoms with Crippen molar-refractivity contribution in [2.45, 2.75) is 41.5 Å². The number of carbonyl (C=O) groups is 2. The van der Waals surface area contributed by atoms with Gasteiger partial charge in [0.1, 0.15) is 0 Å². The molecule has 0 atom stereocenters. The molecule has 110 valence electrons. The first-order valence-electron chi connectivity index (χ1n) is 7.07. The number of hydrogen-bond acceptors (Lipinski definition) is 3. The molecule has 0 aliphatic carbocycles. The van der Waals surface area contributed by atoms with Gasteiger partial charge in [-0.1, -0.05) is 41.5 Å². The number of rotatable bonds is 2. The van der Waals surface area contributed by atoms with Crippen LogP contribution in [0, 0.1) is 10.8 Å². The Kier molecular flexibility index (Phi) is 4.77. The molecule has 1 heterocycles. The minimum absolute atomic E-state index is 0.203. The van der Waals surface area contributed by atoms with Gasteiger partial charge in [-0.05, 0) is 0 Å². The van der Waals surface area contributed by atoms with Gasteiger partial charge in [0.25, 0.3) is 0 Å². The van der Waals surface area contributed by atoms with Gasteiger partial charge in [0.15, 0.2) is 5.78 Å². The Bertz CT molecular complexity index is 342. The van der Waals surface area contributed by atoms with Gasteiger partial charge >= 0.3 is 0 Å². The fraction of sp³-hybridized carbons (Fsp3) is 0.867. The average Bonchev–Trinajstić information content (AvgIpc) is 2.26. The summed E-state index contributed by atoms with van der Waals surface area (Å²) in [4.78, 5) is 28.2. The molecule has 0 bridgehead atoms. The van der Waals surface area contributed by atoms with Crippen LogP contribution >= 0.6 is 0 Å². The van der Waals surface area contributed by atoms with Crippen LogP contribution in [0.4, 0.5) is 0 Å². The third-order valence-corrected chi connectivity index (χ3v) is 3.50. The first-order valence-corrected chi connectivity index (χ1v) is 7.07. The van der Waals surface area contributed by atoms with E-state index in [1.54, 1.807) is 0 Å². The molecule has 0 N–H and O–H groups in total. The summed E-state index contributed by atoms with van der Waals surface area (Å²) in [5.41, 5.74) is -0.595. The summed E-state index contributed by atoms with van der Waals surface area (Å²) in [5.74, 6) is 0.470. The zero-order valence-corrected chi connectivity index (χ0v) is 13.2. The van der Waals surface area contributed by atoms with E-state index in [4.69, 9.17) is 0 Å². The fourth-order valence-electron chi connectivity index (χ4n) is 2.02. The monoisotopic (exact) mass is 268 g/mol. The molecular formula is C15H28N2O2. The first-order chi connectivity index (χ1) is 8.51. The number of nitrogens with zero attached hydrogens (tertiary/aromatic N) is 2. The number of amides is 1. The predicted molar refractivity (Wildman–Crippen MR) is 76.9 cm³/mol. The van der Waals surface area contributed by atoms with E-state index >= 15 is 0 Å². The Morgan fingerprint density at radius 1 is 0.842 bits per heavy atom. The zero-order chi connectivity index (χ0) is 14.8. The molecule has 1 rings (SSSR count). The summed E-state index contributed by atoms with van der Waals surface area (Å²) in [6, 6.07) is 0. The SMILES string of the molecule is CC(C)(C)C(=O)CN1CCN(C(=O)C(C)(C)C)CC1. The van der Waals surface area contributed by atoms with Crippen molar-refractivity contribution in [1.29, 1.82) is 0 Å². The van der Waals surface area contributed by atoms with Gasteiger partial charge in [0.05, 0.1) is 6.54 Å². The molecule has 0 spiro atoms. The molecule has 0 unspecified atom stereocenters. The highest BCUT2D eigenvalue weighted by Crippen LogP contribution is 2.19. The van der Waals surface area contributed by atoms with E-state index < -0.39 is 0 Å². The van der Waals surface area contributed by atoms with Crippen LogP contribution in [-0.2, 0) is 9.59 Å². The standard InChI is InChI=1S/C15H28N2O2/c1-14(2,3)12(18)11-16-7-9-17(10-8-16)13(19)15(4,5)6/h7-11H2,1-6H3. The molecular weight excluding hydrogens is 240 g/mol. The average molecular weight is 268 g/mol. The quantitative estimate of drug-likeness (QED) is 0.766. The number of piperazine rings is 1. The maximum Gasteiger partial charge on any atom is 0.228 e. The van der Waals surface area contributed by atoms with E-state index in [0.717, 1.165) is 26.2 Å². The topological polar surface area (TPSA) is 40.6 Å². The van der Waals surface area contributed by atoms with Crippen molar-refractivity contribution in [2.75, 3.05) is 32.7 Å². The van der Waals surface area contributed by atoms with Crippen molar-refractivity contribution in [1.82, 2.24) is 9.80 Å². The van der Waals surface area contributed by atoms with E-state index in [0.29, 0.717) is 6.54 Å². The Balaban J connectivity index is 2.46. The minimum Gasteiger partial charge on any atom is -0.340 e. The van der Waals surface area contributed by atoms with Gasteiger partial charge in [-0.3, -0.25) is 14.5 Å². The molecule has 1 aliphatic heterocycles. The van der Waals surface area contributed by atoms with Gasteiger partial charge in [-0.15, -0.1) is 0 Å². The third kappa shape index (κ3) is 4.60. The Labute approximate surface area is 117 Å². The zero-order valence-electron chi connectivity index (χ0n) is 13.2.